The number of fused-ring (bicyclic) bond motifs is 1. The predicted octanol–water partition coefficient (Wildman–Crippen LogP) is 5.17. The molecule has 0 aromatic heterocycles. The number of benzene rings is 2. The first-order chi connectivity index (χ1) is 12.3. The molecule has 1 aliphatic rings. The topological polar surface area (TPSA) is 47.6 Å². The average Bonchev–Trinajstić information content (AvgIpc) is 2.59. The summed E-state index contributed by atoms with van der Waals surface area (Å²) >= 11 is 3.58. The summed E-state index contributed by atoms with van der Waals surface area (Å²) in [5, 5.41) is 2.84. The van der Waals surface area contributed by atoms with E-state index in [-0.39, 0.29) is 11.3 Å². The number of carbonyl (C=O) groups is 1. The Morgan fingerprint density at radius 1 is 1.08 bits per heavy atom. The van der Waals surface area contributed by atoms with E-state index in [1.165, 1.54) is 11.6 Å². The van der Waals surface area contributed by atoms with E-state index in [0.717, 1.165) is 10.0 Å². The van der Waals surface area contributed by atoms with E-state index >= 15 is 0 Å². The Morgan fingerprint density at radius 3 is 2.50 bits per heavy atom. The summed E-state index contributed by atoms with van der Waals surface area (Å²) in [6.07, 6.45) is 3.32. The van der Waals surface area contributed by atoms with Crippen LogP contribution < -0.4 is 14.8 Å². The van der Waals surface area contributed by atoms with Crippen molar-refractivity contribution < 1.29 is 14.3 Å². The lowest BCUT2D eigenvalue weighted by atomic mass is 9.87. The highest BCUT2D eigenvalue weighted by molar-refractivity contribution is 9.10. The molecule has 5 heteroatoms. The fraction of sp³-hybridized carbons (Fsp3) is 0.286. The molecule has 0 saturated heterocycles. The largest absolute Gasteiger partial charge is 0.486 e. The Kier molecular flexibility index (Phi) is 5.37. The summed E-state index contributed by atoms with van der Waals surface area (Å²) in [7, 11) is 0. The van der Waals surface area contributed by atoms with Gasteiger partial charge in [-0.25, -0.2) is 0 Å². The van der Waals surface area contributed by atoms with Gasteiger partial charge in [-0.2, -0.15) is 0 Å². The van der Waals surface area contributed by atoms with Crippen LogP contribution in [-0.4, -0.2) is 19.1 Å². The maximum absolute atomic E-state index is 12.2. The molecule has 0 fully saturated rings. The van der Waals surface area contributed by atoms with Gasteiger partial charge in [-0.05, 0) is 40.8 Å². The van der Waals surface area contributed by atoms with Gasteiger partial charge in [0.15, 0.2) is 11.5 Å². The van der Waals surface area contributed by atoms with Gasteiger partial charge in [-0.1, -0.05) is 48.8 Å². The van der Waals surface area contributed by atoms with E-state index in [0.29, 0.717) is 30.4 Å². The Labute approximate surface area is 162 Å². The molecule has 0 bridgehead atoms. The Hall–Kier alpha value is -2.27. The molecule has 0 atom stereocenters. The molecule has 0 unspecified atom stereocenters. The summed E-state index contributed by atoms with van der Waals surface area (Å²) in [5.41, 5.74) is 2.95. The van der Waals surface area contributed by atoms with Gasteiger partial charge in [-0.15, -0.1) is 0 Å². The second-order valence-electron chi connectivity index (χ2n) is 7.17. The van der Waals surface area contributed by atoms with Crippen molar-refractivity contribution in [1.82, 2.24) is 0 Å². The third-order valence-corrected chi connectivity index (χ3v) is 4.78. The fourth-order valence-corrected chi connectivity index (χ4v) is 3.11. The van der Waals surface area contributed by atoms with E-state index in [1.54, 1.807) is 24.3 Å². The summed E-state index contributed by atoms with van der Waals surface area (Å²) in [4.78, 5) is 12.2. The minimum atomic E-state index is -0.200. The highest BCUT2D eigenvalue weighted by Gasteiger charge is 2.15. The molecule has 0 saturated carbocycles. The van der Waals surface area contributed by atoms with E-state index in [1.807, 2.05) is 6.07 Å². The SMILES string of the molecule is CC(C)(C)c1ccc(/C=C/C(=O)Nc2ccc3c(c2)OCCO3)c(Br)c1. The van der Waals surface area contributed by atoms with Crippen molar-refractivity contribution in [2.45, 2.75) is 26.2 Å². The van der Waals surface area contributed by atoms with Crippen LogP contribution in [0.15, 0.2) is 46.9 Å². The zero-order valence-corrected chi connectivity index (χ0v) is 16.7. The van der Waals surface area contributed by atoms with Crippen molar-refractivity contribution in [1.29, 1.82) is 0 Å². The van der Waals surface area contributed by atoms with E-state index in [4.69, 9.17) is 9.47 Å². The van der Waals surface area contributed by atoms with E-state index in [2.05, 4.69) is 54.2 Å². The van der Waals surface area contributed by atoms with E-state index < -0.39 is 0 Å². The Morgan fingerprint density at radius 2 is 1.81 bits per heavy atom. The summed E-state index contributed by atoms with van der Waals surface area (Å²) in [6, 6.07) is 11.6. The van der Waals surface area contributed by atoms with Crippen molar-refractivity contribution in [2.75, 3.05) is 18.5 Å². The van der Waals surface area contributed by atoms with Crippen molar-refractivity contribution in [3.8, 4) is 11.5 Å². The van der Waals surface area contributed by atoms with Crippen molar-refractivity contribution in [3.05, 3.63) is 58.1 Å². The van der Waals surface area contributed by atoms with Crippen molar-refractivity contribution in [3.63, 3.8) is 0 Å². The molecule has 4 nitrogen and oxygen atoms in total. The maximum Gasteiger partial charge on any atom is 0.248 e. The lowest BCUT2D eigenvalue weighted by molar-refractivity contribution is -0.111. The first-order valence-electron chi connectivity index (χ1n) is 8.52. The summed E-state index contributed by atoms with van der Waals surface area (Å²) < 4.78 is 12.0. The van der Waals surface area contributed by atoms with Gasteiger partial charge >= 0.3 is 0 Å². The quantitative estimate of drug-likeness (QED) is 0.703. The van der Waals surface area contributed by atoms with Crippen LogP contribution in [0.2, 0.25) is 0 Å². The third-order valence-electron chi connectivity index (χ3n) is 4.09. The number of carbonyl (C=O) groups excluding carboxylic acids is 1. The fourth-order valence-electron chi connectivity index (χ4n) is 2.60. The lowest BCUT2D eigenvalue weighted by Crippen LogP contribution is -2.16. The molecule has 1 amide bonds. The van der Waals surface area contributed by atoms with Crippen LogP contribution in [0, 0.1) is 0 Å². The molecule has 2 aromatic carbocycles. The number of amides is 1. The van der Waals surface area contributed by atoms with Crippen molar-refractivity contribution >= 4 is 33.6 Å². The minimum Gasteiger partial charge on any atom is -0.486 e. The Balaban J connectivity index is 1.68. The highest BCUT2D eigenvalue weighted by Crippen LogP contribution is 2.32. The van der Waals surface area contributed by atoms with Gasteiger partial charge < -0.3 is 14.8 Å². The first kappa shape index (κ1) is 18.5. The van der Waals surface area contributed by atoms with Gasteiger partial charge in [0.1, 0.15) is 13.2 Å². The molecule has 2 aromatic rings. The molecule has 3 rings (SSSR count). The molecule has 0 aliphatic carbocycles. The summed E-state index contributed by atoms with van der Waals surface area (Å²) in [6.45, 7) is 7.58. The molecular formula is C21H22BrNO3. The molecule has 1 aliphatic heterocycles. The number of halogens is 1. The normalized spacial score (nSPS) is 13.7. The van der Waals surface area contributed by atoms with Crippen LogP contribution in [-0.2, 0) is 10.2 Å². The smallest absolute Gasteiger partial charge is 0.248 e. The van der Waals surface area contributed by atoms with Crippen LogP contribution in [0.25, 0.3) is 6.08 Å². The number of hydrogen-bond donors (Lipinski definition) is 1. The van der Waals surface area contributed by atoms with Crippen LogP contribution in [0.5, 0.6) is 11.5 Å². The Bertz CT molecular complexity index is 853. The molecule has 26 heavy (non-hydrogen) atoms. The number of nitrogens with one attached hydrogen (secondary N) is 1. The lowest BCUT2D eigenvalue weighted by Gasteiger charge is -2.19. The maximum atomic E-state index is 12.2. The molecule has 0 spiro atoms. The number of rotatable bonds is 3. The van der Waals surface area contributed by atoms with Crippen LogP contribution in [0.3, 0.4) is 0 Å². The second kappa shape index (κ2) is 7.54. The van der Waals surface area contributed by atoms with Gasteiger partial charge in [0.25, 0.3) is 0 Å². The third kappa shape index (κ3) is 4.47. The van der Waals surface area contributed by atoms with Gasteiger partial charge in [0.2, 0.25) is 5.91 Å². The van der Waals surface area contributed by atoms with E-state index in [9.17, 15) is 4.79 Å². The van der Waals surface area contributed by atoms with Gasteiger partial charge in [0, 0.05) is 22.3 Å². The number of anilines is 1. The summed E-state index contributed by atoms with van der Waals surface area (Å²) in [5.74, 6) is 1.15. The monoisotopic (exact) mass is 415 g/mol. The minimum absolute atomic E-state index is 0.0837. The average molecular weight is 416 g/mol. The number of hydrogen-bond acceptors (Lipinski definition) is 3. The molecule has 1 heterocycles. The van der Waals surface area contributed by atoms with Gasteiger partial charge in [0.05, 0.1) is 0 Å². The molecule has 136 valence electrons. The first-order valence-corrected chi connectivity index (χ1v) is 9.31. The second-order valence-corrected chi connectivity index (χ2v) is 8.02. The van der Waals surface area contributed by atoms with Crippen LogP contribution in [0.1, 0.15) is 31.9 Å². The molecular weight excluding hydrogens is 394 g/mol. The molecule has 0 radical (unpaired) electrons. The van der Waals surface area contributed by atoms with Crippen LogP contribution >= 0.6 is 15.9 Å². The van der Waals surface area contributed by atoms with Crippen molar-refractivity contribution in [2.24, 2.45) is 0 Å². The van der Waals surface area contributed by atoms with Gasteiger partial charge in [-0.3, -0.25) is 4.79 Å². The standard InChI is InChI=1S/C21H22BrNO3/c1-21(2,3)15-6-4-14(17(22)12-15)5-9-20(24)23-16-7-8-18-19(13-16)26-11-10-25-18/h4-9,12-13H,10-11H2,1-3H3,(H,23,24)/b9-5+. The molecule has 1 N–H and O–H groups in total. The van der Waals surface area contributed by atoms with Crippen LogP contribution in [0.4, 0.5) is 5.69 Å². The zero-order chi connectivity index (χ0) is 18.7. The highest BCUT2D eigenvalue weighted by atomic mass is 79.9. The number of ether oxygens (including phenoxy) is 2. The zero-order valence-electron chi connectivity index (χ0n) is 15.1. The predicted molar refractivity (Wildman–Crippen MR) is 108 cm³/mol.